The van der Waals surface area contributed by atoms with Crippen molar-refractivity contribution >= 4 is 22.5 Å². The highest BCUT2D eigenvalue weighted by Gasteiger charge is 2.19. The van der Waals surface area contributed by atoms with E-state index in [1.165, 1.54) is 12.1 Å². The Morgan fingerprint density at radius 1 is 1.38 bits per heavy atom. The van der Waals surface area contributed by atoms with Crippen LogP contribution in [0.1, 0.15) is 17.3 Å². The minimum absolute atomic E-state index is 0.0525. The Hall–Kier alpha value is -2.77. The highest BCUT2D eigenvalue weighted by atomic mass is 19.1. The van der Waals surface area contributed by atoms with Gasteiger partial charge in [0.1, 0.15) is 11.0 Å². The lowest BCUT2D eigenvalue weighted by Gasteiger charge is -2.07. The summed E-state index contributed by atoms with van der Waals surface area (Å²) in [5, 5.41) is 3.50. The lowest BCUT2D eigenvalue weighted by molar-refractivity contribution is 0.0521. The Balaban J connectivity index is 2.37. The SMILES string of the molecule is CCOC(=O)c1ccc2c([nH]c(=O)c3cc(F)nn32)c1F. The molecule has 1 aromatic carbocycles. The van der Waals surface area contributed by atoms with Crippen molar-refractivity contribution in [2.45, 2.75) is 6.92 Å². The van der Waals surface area contributed by atoms with Crippen LogP contribution >= 0.6 is 0 Å². The number of esters is 1. The average molecular weight is 293 g/mol. The van der Waals surface area contributed by atoms with Crippen LogP contribution in [-0.4, -0.2) is 27.2 Å². The first-order valence-electron chi connectivity index (χ1n) is 6.09. The van der Waals surface area contributed by atoms with E-state index in [0.29, 0.717) is 0 Å². The zero-order valence-corrected chi connectivity index (χ0v) is 10.8. The molecular weight excluding hydrogens is 284 g/mol. The quantitative estimate of drug-likeness (QED) is 0.729. The van der Waals surface area contributed by atoms with Crippen molar-refractivity contribution in [1.29, 1.82) is 0 Å². The smallest absolute Gasteiger partial charge is 0.341 e. The molecule has 0 aliphatic heterocycles. The number of ether oxygens (including phenoxy) is 1. The fourth-order valence-electron chi connectivity index (χ4n) is 2.10. The first-order valence-corrected chi connectivity index (χ1v) is 6.09. The van der Waals surface area contributed by atoms with Gasteiger partial charge in [-0.3, -0.25) is 4.79 Å². The first-order chi connectivity index (χ1) is 10.0. The second-order valence-electron chi connectivity index (χ2n) is 4.26. The van der Waals surface area contributed by atoms with Gasteiger partial charge in [-0.05, 0) is 19.1 Å². The van der Waals surface area contributed by atoms with Crippen LogP contribution in [0.3, 0.4) is 0 Å². The molecule has 6 nitrogen and oxygen atoms in total. The molecule has 8 heteroatoms. The number of carbonyl (C=O) groups is 1. The molecule has 3 aromatic rings. The van der Waals surface area contributed by atoms with Crippen molar-refractivity contribution in [3.63, 3.8) is 0 Å². The largest absolute Gasteiger partial charge is 0.462 e. The van der Waals surface area contributed by atoms with E-state index in [1.807, 2.05) is 0 Å². The molecule has 108 valence electrons. The van der Waals surface area contributed by atoms with E-state index < -0.39 is 23.3 Å². The maximum absolute atomic E-state index is 14.4. The molecule has 0 spiro atoms. The van der Waals surface area contributed by atoms with Gasteiger partial charge in [0.15, 0.2) is 5.82 Å². The number of halogens is 2. The molecule has 0 saturated heterocycles. The van der Waals surface area contributed by atoms with Crippen molar-refractivity contribution in [2.75, 3.05) is 6.61 Å². The minimum atomic E-state index is -0.944. The summed E-state index contributed by atoms with van der Waals surface area (Å²) in [5.74, 6) is -2.65. The highest BCUT2D eigenvalue weighted by molar-refractivity contribution is 5.94. The molecule has 0 aliphatic carbocycles. The molecule has 0 bridgehead atoms. The molecule has 0 radical (unpaired) electrons. The molecule has 2 heterocycles. The lowest BCUT2D eigenvalue weighted by Crippen LogP contribution is -2.14. The minimum Gasteiger partial charge on any atom is -0.462 e. The van der Waals surface area contributed by atoms with E-state index in [0.717, 1.165) is 10.6 Å². The number of H-pyrrole nitrogens is 1. The summed E-state index contributed by atoms with van der Waals surface area (Å²) in [6.07, 6.45) is 0. The van der Waals surface area contributed by atoms with Crippen LogP contribution in [0.25, 0.3) is 16.6 Å². The van der Waals surface area contributed by atoms with Crippen LogP contribution in [0, 0.1) is 11.8 Å². The molecule has 0 atom stereocenters. The first kappa shape index (κ1) is 13.2. The number of fused-ring (bicyclic) bond motifs is 3. The molecule has 3 rings (SSSR count). The molecule has 2 aromatic heterocycles. The third-order valence-electron chi connectivity index (χ3n) is 2.99. The monoisotopic (exact) mass is 293 g/mol. The summed E-state index contributed by atoms with van der Waals surface area (Å²) in [6.45, 7) is 1.69. The Labute approximate surface area is 116 Å². The predicted octanol–water partition coefficient (Wildman–Crippen LogP) is 1.63. The normalized spacial score (nSPS) is 11.2. The molecular formula is C13H9F2N3O3. The fourth-order valence-corrected chi connectivity index (χ4v) is 2.10. The van der Waals surface area contributed by atoms with Crippen LogP contribution in [0.2, 0.25) is 0 Å². The number of hydrogen-bond donors (Lipinski definition) is 1. The van der Waals surface area contributed by atoms with Crippen LogP contribution in [0.5, 0.6) is 0 Å². The van der Waals surface area contributed by atoms with Crippen LogP contribution in [-0.2, 0) is 4.74 Å². The summed E-state index contributed by atoms with van der Waals surface area (Å²) in [5.41, 5.74) is -1.17. The second-order valence-corrected chi connectivity index (χ2v) is 4.26. The van der Waals surface area contributed by atoms with Gasteiger partial charge in [-0.15, -0.1) is 5.10 Å². The number of hydrogen-bond acceptors (Lipinski definition) is 4. The maximum atomic E-state index is 14.4. The summed E-state index contributed by atoms with van der Waals surface area (Å²) in [6, 6.07) is 3.50. The van der Waals surface area contributed by atoms with Crippen molar-refractivity contribution in [3.05, 3.63) is 45.9 Å². The van der Waals surface area contributed by atoms with Crippen LogP contribution in [0.4, 0.5) is 8.78 Å². The van der Waals surface area contributed by atoms with E-state index in [4.69, 9.17) is 4.74 Å². The van der Waals surface area contributed by atoms with Crippen molar-refractivity contribution in [1.82, 2.24) is 14.6 Å². The molecule has 0 fully saturated rings. The zero-order chi connectivity index (χ0) is 15.1. The average Bonchev–Trinajstić information content (AvgIpc) is 2.83. The highest BCUT2D eigenvalue weighted by Crippen LogP contribution is 2.20. The molecule has 0 amide bonds. The molecule has 0 aliphatic rings. The number of nitrogens with one attached hydrogen (secondary N) is 1. The van der Waals surface area contributed by atoms with Crippen LogP contribution in [0.15, 0.2) is 23.0 Å². The van der Waals surface area contributed by atoms with Gasteiger partial charge in [0.2, 0.25) is 5.95 Å². The van der Waals surface area contributed by atoms with Crippen molar-refractivity contribution in [2.24, 2.45) is 0 Å². The Morgan fingerprint density at radius 3 is 2.86 bits per heavy atom. The number of rotatable bonds is 2. The standard InChI is InChI=1S/C13H9F2N3O3/c1-2-21-13(20)6-3-4-7-11(10(6)15)16-12(19)8-5-9(14)17-18(7)8/h3-5H,2H2,1H3,(H,16,19). The van der Waals surface area contributed by atoms with Crippen LogP contribution < -0.4 is 5.56 Å². The van der Waals surface area contributed by atoms with Gasteiger partial charge in [-0.2, -0.15) is 4.39 Å². The summed E-state index contributed by atoms with van der Waals surface area (Å²) in [7, 11) is 0. The number of nitrogens with zero attached hydrogens (tertiary/aromatic N) is 2. The van der Waals surface area contributed by atoms with E-state index in [-0.39, 0.29) is 28.7 Å². The Morgan fingerprint density at radius 2 is 2.14 bits per heavy atom. The topological polar surface area (TPSA) is 76.5 Å². The summed E-state index contributed by atoms with van der Waals surface area (Å²) < 4.78 is 33.3. The van der Waals surface area contributed by atoms with Gasteiger partial charge in [-0.1, -0.05) is 0 Å². The third-order valence-corrected chi connectivity index (χ3v) is 2.99. The van der Waals surface area contributed by atoms with E-state index >= 15 is 0 Å². The zero-order valence-electron chi connectivity index (χ0n) is 10.8. The fraction of sp³-hybridized carbons (Fsp3) is 0.154. The van der Waals surface area contributed by atoms with E-state index in [2.05, 4.69) is 10.1 Å². The van der Waals surface area contributed by atoms with Gasteiger partial charge in [0.05, 0.1) is 17.7 Å². The maximum Gasteiger partial charge on any atom is 0.341 e. The number of carbonyl (C=O) groups excluding carboxylic acids is 1. The molecule has 0 saturated carbocycles. The van der Waals surface area contributed by atoms with Gasteiger partial charge in [-0.25, -0.2) is 13.7 Å². The summed E-state index contributed by atoms with van der Waals surface area (Å²) >= 11 is 0. The molecule has 0 unspecified atom stereocenters. The van der Waals surface area contributed by atoms with Crippen molar-refractivity contribution in [3.8, 4) is 0 Å². The van der Waals surface area contributed by atoms with E-state index in [9.17, 15) is 18.4 Å². The number of aromatic amines is 1. The van der Waals surface area contributed by atoms with Crippen molar-refractivity contribution < 1.29 is 18.3 Å². The number of aromatic nitrogens is 3. The second kappa shape index (κ2) is 4.65. The Bertz CT molecular complexity index is 930. The summed E-state index contributed by atoms with van der Waals surface area (Å²) in [4.78, 5) is 25.7. The van der Waals surface area contributed by atoms with Gasteiger partial charge in [0.25, 0.3) is 5.56 Å². The third kappa shape index (κ3) is 1.95. The Kier molecular flexibility index (Phi) is 2.93. The predicted molar refractivity (Wildman–Crippen MR) is 69.2 cm³/mol. The van der Waals surface area contributed by atoms with Gasteiger partial charge in [0, 0.05) is 6.07 Å². The van der Waals surface area contributed by atoms with E-state index in [1.54, 1.807) is 6.92 Å². The molecule has 1 N–H and O–H groups in total. The lowest BCUT2D eigenvalue weighted by atomic mass is 10.1. The van der Waals surface area contributed by atoms with Gasteiger partial charge < -0.3 is 9.72 Å². The molecule has 21 heavy (non-hydrogen) atoms. The number of benzene rings is 1. The van der Waals surface area contributed by atoms with Gasteiger partial charge >= 0.3 is 5.97 Å².